The molecule has 0 aliphatic carbocycles. The van der Waals surface area contributed by atoms with Gasteiger partial charge in [0.05, 0.1) is 18.5 Å². The van der Waals surface area contributed by atoms with Crippen molar-refractivity contribution in [2.75, 3.05) is 7.11 Å². The molecule has 0 fully saturated rings. The van der Waals surface area contributed by atoms with Crippen LogP contribution in [-0.4, -0.2) is 36.2 Å². The van der Waals surface area contributed by atoms with E-state index in [1.165, 1.54) is 20.1 Å². The maximum Gasteiger partial charge on any atom is 0.287 e. The highest BCUT2D eigenvalue weighted by Gasteiger charge is 2.30. The second-order valence-electron chi connectivity index (χ2n) is 8.67. The molecule has 0 bridgehead atoms. The van der Waals surface area contributed by atoms with Crippen LogP contribution in [0, 0.1) is 6.92 Å². The third-order valence-electron chi connectivity index (χ3n) is 6.11. The summed E-state index contributed by atoms with van der Waals surface area (Å²) < 4.78 is 11.0. The predicted octanol–water partition coefficient (Wildman–Crippen LogP) is 3.13. The minimum absolute atomic E-state index is 0.122. The number of aliphatic hydroxyl groups is 1. The van der Waals surface area contributed by atoms with Gasteiger partial charge in [0.15, 0.2) is 17.3 Å². The predicted molar refractivity (Wildman–Crippen MR) is 139 cm³/mol. The number of methoxy groups -OCH3 is 1. The molecule has 0 spiro atoms. The SMILES string of the molecule is COc1ccc2c(=O)c(C)c(C(=O)N[C@@H](Cc3ccccc3)[C@@H](O)C(=O)NCc3ccccc3)oc2c1. The summed E-state index contributed by atoms with van der Waals surface area (Å²) in [4.78, 5) is 39.0. The standard InChI is InChI=1S/C29H28N2O6/c1-18-25(32)22-14-13-21(36-2)16-24(22)37-27(18)29(35)31-23(15-19-9-5-3-6-10-19)26(33)28(34)30-17-20-11-7-4-8-12-20/h3-14,16,23,26,33H,15,17H2,1-2H3,(H,30,34)(H,31,35)/t23-,26+/m0/s1. The van der Waals surface area contributed by atoms with Crippen molar-refractivity contribution in [2.24, 2.45) is 0 Å². The van der Waals surface area contributed by atoms with Gasteiger partial charge in [-0.2, -0.15) is 0 Å². The minimum Gasteiger partial charge on any atom is -0.497 e. The number of fused-ring (bicyclic) bond motifs is 1. The molecule has 0 saturated heterocycles. The van der Waals surface area contributed by atoms with E-state index in [0.717, 1.165) is 11.1 Å². The van der Waals surface area contributed by atoms with Crippen molar-refractivity contribution in [1.82, 2.24) is 10.6 Å². The monoisotopic (exact) mass is 500 g/mol. The van der Waals surface area contributed by atoms with E-state index in [0.29, 0.717) is 11.1 Å². The fourth-order valence-electron chi connectivity index (χ4n) is 4.03. The average molecular weight is 501 g/mol. The Morgan fingerprint density at radius 1 is 0.973 bits per heavy atom. The molecule has 4 aromatic rings. The summed E-state index contributed by atoms with van der Waals surface area (Å²) in [6, 6.07) is 22.2. The molecule has 0 aliphatic rings. The summed E-state index contributed by atoms with van der Waals surface area (Å²) in [5.74, 6) is -1.07. The molecule has 0 saturated carbocycles. The second-order valence-corrected chi connectivity index (χ2v) is 8.67. The first kappa shape index (κ1) is 25.7. The Kier molecular flexibility index (Phi) is 8.00. The van der Waals surface area contributed by atoms with Gasteiger partial charge >= 0.3 is 0 Å². The zero-order valence-corrected chi connectivity index (χ0v) is 20.6. The molecule has 1 aromatic heterocycles. The third kappa shape index (κ3) is 6.05. The maximum atomic E-state index is 13.3. The highest BCUT2D eigenvalue weighted by molar-refractivity contribution is 5.95. The fourth-order valence-corrected chi connectivity index (χ4v) is 4.03. The number of amides is 2. The second kappa shape index (κ2) is 11.5. The fraction of sp³-hybridized carbons (Fsp3) is 0.207. The molecule has 190 valence electrons. The number of rotatable bonds is 9. The third-order valence-corrected chi connectivity index (χ3v) is 6.11. The summed E-state index contributed by atoms with van der Waals surface area (Å²) in [7, 11) is 1.49. The molecule has 8 heteroatoms. The van der Waals surface area contributed by atoms with Gasteiger partial charge in [0, 0.05) is 18.2 Å². The summed E-state index contributed by atoms with van der Waals surface area (Å²) in [6.45, 7) is 1.73. The van der Waals surface area contributed by atoms with Crippen LogP contribution in [0.5, 0.6) is 5.75 Å². The van der Waals surface area contributed by atoms with Crippen molar-refractivity contribution in [2.45, 2.75) is 32.0 Å². The number of ether oxygens (including phenoxy) is 1. The van der Waals surface area contributed by atoms with Crippen molar-refractivity contribution in [3.05, 3.63) is 112 Å². The first-order valence-electron chi connectivity index (χ1n) is 11.8. The molecular formula is C29H28N2O6. The van der Waals surface area contributed by atoms with Crippen molar-refractivity contribution < 1.29 is 23.8 Å². The summed E-state index contributed by atoms with van der Waals surface area (Å²) >= 11 is 0. The van der Waals surface area contributed by atoms with E-state index in [9.17, 15) is 19.5 Å². The van der Waals surface area contributed by atoms with E-state index >= 15 is 0 Å². The number of carbonyl (C=O) groups is 2. The average Bonchev–Trinajstić information content (AvgIpc) is 2.93. The van der Waals surface area contributed by atoms with Gasteiger partial charge in [-0.05, 0) is 36.6 Å². The van der Waals surface area contributed by atoms with Crippen LogP contribution in [0.1, 0.15) is 27.2 Å². The number of hydrogen-bond acceptors (Lipinski definition) is 6. The number of benzene rings is 3. The molecule has 2 atom stereocenters. The zero-order chi connectivity index (χ0) is 26.4. The lowest BCUT2D eigenvalue weighted by atomic mass is 10.00. The summed E-state index contributed by atoms with van der Waals surface area (Å²) in [6.07, 6.45) is -1.38. The van der Waals surface area contributed by atoms with Crippen LogP contribution in [0.15, 0.2) is 88.1 Å². The Balaban J connectivity index is 1.59. The largest absolute Gasteiger partial charge is 0.497 e. The lowest BCUT2D eigenvalue weighted by molar-refractivity contribution is -0.130. The van der Waals surface area contributed by atoms with Crippen LogP contribution in [0.25, 0.3) is 11.0 Å². The number of hydrogen-bond donors (Lipinski definition) is 3. The topological polar surface area (TPSA) is 118 Å². The first-order valence-corrected chi connectivity index (χ1v) is 11.8. The molecule has 4 rings (SSSR count). The highest BCUT2D eigenvalue weighted by Crippen LogP contribution is 2.21. The lowest BCUT2D eigenvalue weighted by Crippen LogP contribution is -2.51. The van der Waals surface area contributed by atoms with Gasteiger partial charge in [-0.25, -0.2) is 0 Å². The molecular weight excluding hydrogens is 472 g/mol. The molecule has 1 heterocycles. The van der Waals surface area contributed by atoms with Crippen molar-refractivity contribution >= 4 is 22.8 Å². The van der Waals surface area contributed by atoms with Gasteiger partial charge in [0.1, 0.15) is 11.3 Å². The van der Waals surface area contributed by atoms with Crippen molar-refractivity contribution in [1.29, 1.82) is 0 Å². The highest BCUT2D eigenvalue weighted by atomic mass is 16.5. The van der Waals surface area contributed by atoms with Crippen molar-refractivity contribution in [3.8, 4) is 5.75 Å². The number of aliphatic hydroxyl groups excluding tert-OH is 1. The van der Waals surface area contributed by atoms with Crippen LogP contribution >= 0.6 is 0 Å². The molecule has 3 aromatic carbocycles. The van der Waals surface area contributed by atoms with Crippen molar-refractivity contribution in [3.63, 3.8) is 0 Å². The van der Waals surface area contributed by atoms with Gasteiger partial charge in [-0.15, -0.1) is 0 Å². The Morgan fingerprint density at radius 3 is 2.27 bits per heavy atom. The van der Waals surface area contributed by atoms with Gasteiger partial charge in [0.2, 0.25) is 0 Å². The van der Waals surface area contributed by atoms with E-state index < -0.39 is 24.0 Å². The van der Waals surface area contributed by atoms with E-state index in [1.807, 2.05) is 60.7 Å². The molecule has 2 amide bonds. The maximum absolute atomic E-state index is 13.3. The smallest absolute Gasteiger partial charge is 0.287 e. The quantitative estimate of drug-likeness (QED) is 0.325. The van der Waals surface area contributed by atoms with E-state index in [4.69, 9.17) is 9.15 Å². The normalized spacial score (nSPS) is 12.5. The van der Waals surface area contributed by atoms with Gasteiger partial charge in [0.25, 0.3) is 11.8 Å². The van der Waals surface area contributed by atoms with E-state index in [2.05, 4.69) is 10.6 Å². The van der Waals surface area contributed by atoms with Crippen LogP contribution in [-0.2, 0) is 17.8 Å². The molecule has 0 unspecified atom stereocenters. The Bertz CT molecular complexity index is 1450. The van der Waals surface area contributed by atoms with Crippen LogP contribution < -0.4 is 20.8 Å². The molecule has 0 radical (unpaired) electrons. The molecule has 37 heavy (non-hydrogen) atoms. The van der Waals surface area contributed by atoms with E-state index in [1.54, 1.807) is 12.1 Å². The Labute approximate surface area is 213 Å². The molecule has 0 aliphatic heterocycles. The van der Waals surface area contributed by atoms with Gasteiger partial charge in [-0.3, -0.25) is 14.4 Å². The summed E-state index contributed by atoms with van der Waals surface area (Å²) in [5.41, 5.74) is 1.65. The lowest BCUT2D eigenvalue weighted by Gasteiger charge is -2.24. The Hall–Kier alpha value is -4.43. The first-order chi connectivity index (χ1) is 17.9. The van der Waals surface area contributed by atoms with Crippen LogP contribution in [0.4, 0.5) is 0 Å². The summed E-state index contributed by atoms with van der Waals surface area (Å²) in [5, 5.41) is 16.7. The van der Waals surface area contributed by atoms with Gasteiger partial charge in [-0.1, -0.05) is 60.7 Å². The molecule has 8 nitrogen and oxygen atoms in total. The zero-order valence-electron chi connectivity index (χ0n) is 20.6. The van der Waals surface area contributed by atoms with E-state index in [-0.39, 0.29) is 35.3 Å². The number of carbonyl (C=O) groups excluding carboxylic acids is 2. The molecule has 3 N–H and O–H groups in total. The van der Waals surface area contributed by atoms with Crippen LogP contribution in [0.3, 0.4) is 0 Å². The minimum atomic E-state index is -1.56. The number of nitrogens with one attached hydrogen (secondary N) is 2. The van der Waals surface area contributed by atoms with Gasteiger partial charge < -0.3 is 24.9 Å². The Morgan fingerprint density at radius 2 is 1.62 bits per heavy atom. The van der Waals surface area contributed by atoms with Crippen LogP contribution in [0.2, 0.25) is 0 Å².